The topological polar surface area (TPSA) is 44.4 Å². The molecular weight excluding hydrogens is 538 g/mol. The van der Waals surface area contributed by atoms with Crippen LogP contribution in [0.3, 0.4) is 0 Å². The van der Waals surface area contributed by atoms with Gasteiger partial charge in [-0.25, -0.2) is 4.79 Å². The van der Waals surface area contributed by atoms with Crippen LogP contribution in [0.5, 0.6) is 0 Å². The lowest BCUT2D eigenvalue weighted by atomic mass is 9.80. The van der Waals surface area contributed by atoms with Gasteiger partial charge in [0, 0.05) is 24.5 Å². The van der Waals surface area contributed by atoms with Gasteiger partial charge in [0.05, 0.1) is 11.4 Å². The van der Waals surface area contributed by atoms with Crippen LogP contribution in [0.4, 0.5) is 16.2 Å². The van der Waals surface area contributed by atoms with Crippen molar-refractivity contribution in [3.05, 3.63) is 130 Å². The number of urea groups is 1. The zero-order valence-electron chi connectivity index (χ0n) is 27.2. The summed E-state index contributed by atoms with van der Waals surface area (Å²) in [5.41, 5.74) is 9.87. The molecule has 4 aromatic rings. The number of benzene rings is 4. The maximum atomic E-state index is 14.1. The average Bonchev–Trinajstić information content (AvgIpc) is 3.37. The Morgan fingerprint density at radius 1 is 0.705 bits per heavy atom. The summed E-state index contributed by atoms with van der Waals surface area (Å²) in [5, 5.41) is 7.25. The number of anilines is 2. The molecule has 2 atom stereocenters. The van der Waals surface area contributed by atoms with Gasteiger partial charge >= 0.3 is 6.03 Å². The second kappa shape index (κ2) is 11.9. The van der Waals surface area contributed by atoms with Gasteiger partial charge in [-0.05, 0) is 75.6 Å². The van der Waals surface area contributed by atoms with Gasteiger partial charge in [0.2, 0.25) is 0 Å². The molecule has 0 radical (unpaired) electrons. The Bertz CT molecular complexity index is 1500. The quantitative estimate of drug-likeness (QED) is 0.251. The molecule has 0 aromatic heterocycles. The summed E-state index contributed by atoms with van der Waals surface area (Å²) in [6.45, 7) is 14.3. The van der Waals surface area contributed by atoms with Gasteiger partial charge in [-0.15, -0.1) is 0 Å². The minimum Gasteiger partial charge on any atom is -0.333 e. The molecule has 1 fully saturated rings. The van der Waals surface area contributed by atoms with Crippen molar-refractivity contribution in [2.45, 2.75) is 89.6 Å². The first-order valence-corrected chi connectivity index (χ1v) is 16.2. The average molecular weight is 586 g/mol. The number of nitrogens with one attached hydrogen (secondary N) is 2. The molecule has 44 heavy (non-hydrogen) atoms. The highest BCUT2D eigenvalue weighted by Crippen LogP contribution is 2.38. The van der Waals surface area contributed by atoms with Crippen LogP contribution < -0.4 is 15.5 Å². The normalized spacial score (nSPS) is 18.5. The third-order valence-electron chi connectivity index (χ3n) is 9.50. The first kappa shape index (κ1) is 30.1. The van der Waals surface area contributed by atoms with Gasteiger partial charge in [0.1, 0.15) is 0 Å². The van der Waals surface area contributed by atoms with Crippen molar-refractivity contribution in [2.75, 3.05) is 11.4 Å². The number of para-hydroxylation sites is 2. The molecule has 2 aliphatic rings. The van der Waals surface area contributed by atoms with Crippen molar-refractivity contribution >= 4 is 17.4 Å². The van der Waals surface area contributed by atoms with E-state index in [4.69, 9.17) is 0 Å². The molecule has 4 aromatic carbocycles. The number of amides is 2. The Morgan fingerprint density at radius 2 is 1.16 bits per heavy atom. The Balaban J connectivity index is 1.27. The minimum absolute atomic E-state index is 0.0280. The van der Waals surface area contributed by atoms with Crippen LogP contribution in [0.15, 0.2) is 97.1 Å². The monoisotopic (exact) mass is 585 g/mol. The van der Waals surface area contributed by atoms with Crippen LogP contribution in [-0.2, 0) is 23.7 Å². The fraction of sp³-hybridized carbons (Fsp3) is 0.375. The van der Waals surface area contributed by atoms with E-state index >= 15 is 0 Å². The van der Waals surface area contributed by atoms with E-state index in [1.807, 2.05) is 17.0 Å². The van der Waals surface area contributed by atoms with E-state index in [1.165, 1.54) is 33.4 Å². The van der Waals surface area contributed by atoms with Crippen LogP contribution >= 0.6 is 0 Å². The molecule has 0 unspecified atom stereocenters. The summed E-state index contributed by atoms with van der Waals surface area (Å²) in [5.74, 6) is 0.180. The van der Waals surface area contributed by atoms with E-state index in [0.29, 0.717) is 0 Å². The van der Waals surface area contributed by atoms with Crippen LogP contribution in [0.25, 0.3) is 0 Å². The second-order valence-electron chi connectivity index (χ2n) is 14.7. The molecule has 0 saturated carbocycles. The third kappa shape index (κ3) is 6.19. The molecule has 228 valence electrons. The molecule has 1 saturated heterocycles. The van der Waals surface area contributed by atoms with Gasteiger partial charge in [0.25, 0.3) is 0 Å². The lowest BCUT2D eigenvalue weighted by molar-refractivity contribution is 0.245. The third-order valence-corrected chi connectivity index (χ3v) is 9.50. The number of aryl methyl sites for hydroxylation is 2. The second-order valence-corrected chi connectivity index (χ2v) is 14.7. The molecule has 2 N–H and O–H groups in total. The predicted octanol–water partition coefficient (Wildman–Crippen LogP) is 8.79. The summed E-state index contributed by atoms with van der Waals surface area (Å²) >= 11 is 0. The molecule has 0 aliphatic carbocycles. The highest BCUT2D eigenvalue weighted by Gasteiger charge is 2.35. The van der Waals surface area contributed by atoms with Crippen LogP contribution in [0.1, 0.15) is 87.3 Å². The summed E-state index contributed by atoms with van der Waals surface area (Å²) in [6, 6.07) is 35.2. The lowest BCUT2D eigenvalue weighted by Crippen LogP contribution is -2.44. The van der Waals surface area contributed by atoms with E-state index in [0.717, 1.165) is 37.2 Å². The van der Waals surface area contributed by atoms with Gasteiger partial charge in [-0.2, -0.15) is 0 Å². The van der Waals surface area contributed by atoms with Crippen molar-refractivity contribution in [3.63, 3.8) is 0 Å². The van der Waals surface area contributed by atoms with Crippen molar-refractivity contribution in [3.8, 4) is 0 Å². The van der Waals surface area contributed by atoms with Crippen molar-refractivity contribution in [1.29, 1.82) is 0 Å². The predicted molar refractivity (Wildman–Crippen MR) is 183 cm³/mol. The number of fused-ring (bicyclic) bond motifs is 2. The molecule has 0 spiro atoms. The van der Waals surface area contributed by atoms with Gasteiger partial charge in [0.15, 0.2) is 0 Å². The Hall–Kier alpha value is -3.89. The fourth-order valence-corrected chi connectivity index (χ4v) is 6.91. The summed E-state index contributed by atoms with van der Waals surface area (Å²) < 4.78 is 0. The van der Waals surface area contributed by atoms with Crippen LogP contribution in [0, 0.1) is 0 Å². The number of hydrogen-bond acceptors (Lipinski definition) is 2. The van der Waals surface area contributed by atoms with E-state index in [2.05, 4.69) is 137 Å². The number of carbonyl (C=O) groups is 1. The highest BCUT2D eigenvalue weighted by molar-refractivity contribution is 6.01. The number of carbonyl (C=O) groups excluding carboxylic acids is 1. The molecule has 2 amide bonds. The Kier molecular flexibility index (Phi) is 8.15. The molecule has 4 heteroatoms. The number of hydrogen-bond donors (Lipinski definition) is 2. The van der Waals surface area contributed by atoms with Gasteiger partial charge < -0.3 is 10.6 Å². The van der Waals surface area contributed by atoms with Crippen molar-refractivity contribution < 1.29 is 4.79 Å². The van der Waals surface area contributed by atoms with Crippen molar-refractivity contribution in [2.24, 2.45) is 0 Å². The molecule has 0 bridgehead atoms. The molecule has 6 rings (SSSR count). The zero-order chi connectivity index (χ0) is 31.1. The maximum absolute atomic E-state index is 14.1. The first-order chi connectivity index (χ1) is 21.0. The molecule has 4 nitrogen and oxygen atoms in total. The summed E-state index contributed by atoms with van der Waals surface area (Å²) in [7, 11) is 0. The first-order valence-electron chi connectivity index (χ1n) is 16.2. The van der Waals surface area contributed by atoms with E-state index in [-0.39, 0.29) is 34.9 Å². The summed E-state index contributed by atoms with van der Waals surface area (Å²) in [4.78, 5) is 16.0. The zero-order valence-corrected chi connectivity index (χ0v) is 27.2. The van der Waals surface area contributed by atoms with Crippen LogP contribution in [-0.4, -0.2) is 24.7 Å². The largest absolute Gasteiger partial charge is 0.333 e. The molecule has 2 heterocycles. The molecular formula is C40H47N3O. The fourth-order valence-electron chi connectivity index (χ4n) is 6.91. The SMILES string of the molecule is CC(C)(C)c1ccc(C(c2ccc(C(C)(C)C)cc2)[C@H]2C[C@@H](NC(=O)N3c4ccccc4CCc4ccccc43)CN2)cc1. The van der Waals surface area contributed by atoms with Crippen LogP contribution in [0.2, 0.25) is 0 Å². The van der Waals surface area contributed by atoms with E-state index in [9.17, 15) is 4.79 Å². The van der Waals surface area contributed by atoms with E-state index in [1.54, 1.807) is 0 Å². The number of rotatable bonds is 4. The minimum atomic E-state index is -0.0557. The van der Waals surface area contributed by atoms with Crippen molar-refractivity contribution in [1.82, 2.24) is 10.6 Å². The Morgan fingerprint density at radius 3 is 1.61 bits per heavy atom. The molecule has 2 aliphatic heterocycles. The van der Waals surface area contributed by atoms with Gasteiger partial charge in [-0.1, -0.05) is 126 Å². The highest BCUT2D eigenvalue weighted by atomic mass is 16.2. The standard InChI is InChI=1S/C40H47N3O/c1-39(2,3)31-21-17-29(18-22-31)37(30-19-23-32(24-20-30)40(4,5)6)34-25-33(26-41-34)42-38(44)43-35-13-9-7-11-27(35)15-16-28-12-8-10-14-36(28)43/h7-14,17-24,33-34,37,41H,15-16,25-26H2,1-6H3,(H,42,44)/t33-,34-/m1/s1. The Labute approximate surface area is 263 Å². The lowest BCUT2D eigenvalue weighted by Gasteiger charge is -2.28. The number of nitrogens with zero attached hydrogens (tertiary/aromatic N) is 1. The van der Waals surface area contributed by atoms with E-state index < -0.39 is 0 Å². The van der Waals surface area contributed by atoms with Gasteiger partial charge in [-0.3, -0.25) is 4.90 Å². The summed E-state index contributed by atoms with van der Waals surface area (Å²) in [6.07, 6.45) is 2.71. The smallest absolute Gasteiger partial charge is 0.326 e. The maximum Gasteiger partial charge on any atom is 0.326 e.